The van der Waals surface area contributed by atoms with E-state index in [1.807, 2.05) is 24.3 Å². The van der Waals surface area contributed by atoms with Gasteiger partial charge >= 0.3 is 0 Å². The molecule has 1 amide bonds. The maximum atomic E-state index is 13.0. The summed E-state index contributed by atoms with van der Waals surface area (Å²) >= 11 is 5.22. The fourth-order valence-corrected chi connectivity index (χ4v) is 5.68. The molecule has 0 atom stereocenters. The Bertz CT molecular complexity index is 1030. The van der Waals surface area contributed by atoms with Crippen LogP contribution in [0.15, 0.2) is 53.4 Å². The van der Waals surface area contributed by atoms with E-state index in [2.05, 4.69) is 10.6 Å². The maximum absolute atomic E-state index is 13.0. The van der Waals surface area contributed by atoms with Crippen molar-refractivity contribution in [3.05, 3.63) is 54.1 Å². The lowest BCUT2D eigenvalue weighted by Gasteiger charge is -2.20. The number of para-hydroxylation sites is 1. The average Bonchev–Trinajstić information content (AvgIpc) is 3.38. The van der Waals surface area contributed by atoms with Crippen molar-refractivity contribution < 1.29 is 13.2 Å². The van der Waals surface area contributed by atoms with Crippen LogP contribution in [0.25, 0.3) is 0 Å². The maximum Gasteiger partial charge on any atom is 0.264 e. The molecule has 1 saturated carbocycles. The van der Waals surface area contributed by atoms with Gasteiger partial charge in [0.05, 0.1) is 10.6 Å². The van der Waals surface area contributed by atoms with Crippen LogP contribution in [0.5, 0.6) is 0 Å². The minimum atomic E-state index is -3.62. The smallest absolute Gasteiger partial charge is 0.264 e. The van der Waals surface area contributed by atoms with Gasteiger partial charge in [-0.05, 0) is 67.4 Å². The van der Waals surface area contributed by atoms with Crippen LogP contribution >= 0.6 is 12.2 Å². The number of sulfonamides is 1. The molecule has 152 valence electrons. The van der Waals surface area contributed by atoms with Gasteiger partial charge in [-0.25, -0.2) is 8.42 Å². The predicted molar refractivity (Wildman–Crippen MR) is 117 cm³/mol. The molecule has 2 aromatic carbocycles. The highest BCUT2D eigenvalue weighted by Crippen LogP contribution is 2.32. The lowest BCUT2D eigenvalue weighted by molar-refractivity contribution is -0.123. The molecule has 6 nitrogen and oxygen atoms in total. The molecule has 0 saturated heterocycles. The topological polar surface area (TPSA) is 78.5 Å². The summed E-state index contributed by atoms with van der Waals surface area (Å²) < 4.78 is 27.5. The van der Waals surface area contributed by atoms with Crippen molar-refractivity contribution >= 4 is 44.6 Å². The fourth-order valence-electron chi connectivity index (χ4n) is 3.96. The number of hydrogen-bond donors (Lipinski definition) is 2. The molecule has 0 aromatic heterocycles. The number of anilines is 2. The van der Waals surface area contributed by atoms with E-state index in [1.165, 1.54) is 4.31 Å². The number of fused-ring (bicyclic) bond motifs is 1. The zero-order chi connectivity index (χ0) is 20.4. The molecular formula is C21H23N3O3S2. The Balaban J connectivity index is 1.42. The second-order valence-electron chi connectivity index (χ2n) is 7.41. The summed E-state index contributed by atoms with van der Waals surface area (Å²) in [5.74, 6) is -0.0162. The van der Waals surface area contributed by atoms with Crippen LogP contribution in [0.3, 0.4) is 0 Å². The molecule has 8 heteroatoms. The molecule has 2 N–H and O–H groups in total. The molecule has 29 heavy (non-hydrogen) atoms. The SMILES string of the molecule is O=C(NC(=S)Nc1ccc(S(=O)(=O)N2CCc3ccccc32)cc1)C1CCCC1. The molecule has 1 fully saturated rings. The number of nitrogens with zero attached hydrogens (tertiary/aromatic N) is 1. The fraction of sp³-hybridized carbons (Fsp3) is 0.333. The number of amides is 1. The Hall–Kier alpha value is -2.45. The van der Waals surface area contributed by atoms with E-state index in [9.17, 15) is 13.2 Å². The predicted octanol–water partition coefficient (Wildman–Crippen LogP) is 3.44. The standard InChI is InChI=1S/C21H23N3O3S2/c25-20(16-6-1-2-7-16)23-21(28)22-17-9-11-18(12-10-17)29(26,27)24-14-13-15-5-3-4-8-19(15)24/h3-5,8-12,16H,1-2,6-7,13-14H2,(H2,22,23,25,28). The quantitative estimate of drug-likeness (QED) is 0.728. The van der Waals surface area contributed by atoms with Crippen LogP contribution in [0.4, 0.5) is 11.4 Å². The summed E-state index contributed by atoms with van der Waals surface area (Å²) in [6.07, 6.45) is 4.68. The molecule has 2 aliphatic rings. The summed E-state index contributed by atoms with van der Waals surface area (Å²) in [4.78, 5) is 12.4. The van der Waals surface area contributed by atoms with Crippen LogP contribution in [-0.4, -0.2) is 26.0 Å². The van der Waals surface area contributed by atoms with Crippen LogP contribution < -0.4 is 14.9 Å². The number of rotatable bonds is 4. The zero-order valence-electron chi connectivity index (χ0n) is 15.9. The second-order valence-corrected chi connectivity index (χ2v) is 9.68. The Morgan fingerprint density at radius 3 is 2.45 bits per heavy atom. The first-order valence-corrected chi connectivity index (χ1v) is 11.6. The largest absolute Gasteiger partial charge is 0.332 e. The third-order valence-corrected chi connectivity index (χ3v) is 7.54. The minimum Gasteiger partial charge on any atom is -0.332 e. The van der Waals surface area contributed by atoms with E-state index in [1.54, 1.807) is 24.3 Å². The third-order valence-electron chi connectivity index (χ3n) is 5.51. The van der Waals surface area contributed by atoms with E-state index in [4.69, 9.17) is 12.2 Å². The third kappa shape index (κ3) is 4.13. The van der Waals surface area contributed by atoms with Gasteiger partial charge in [0.2, 0.25) is 5.91 Å². The van der Waals surface area contributed by atoms with Crippen LogP contribution in [-0.2, 0) is 21.2 Å². The summed E-state index contributed by atoms with van der Waals surface area (Å²) in [5.41, 5.74) is 2.41. The number of carbonyl (C=O) groups is 1. The van der Waals surface area contributed by atoms with Crippen LogP contribution in [0.2, 0.25) is 0 Å². The highest BCUT2D eigenvalue weighted by molar-refractivity contribution is 7.92. The Morgan fingerprint density at radius 1 is 1.03 bits per heavy atom. The van der Waals surface area contributed by atoms with Crippen molar-refractivity contribution in [2.75, 3.05) is 16.2 Å². The zero-order valence-corrected chi connectivity index (χ0v) is 17.6. The van der Waals surface area contributed by atoms with Gasteiger partial charge in [-0.1, -0.05) is 31.0 Å². The van der Waals surface area contributed by atoms with E-state index in [-0.39, 0.29) is 21.8 Å². The molecule has 2 aromatic rings. The van der Waals surface area contributed by atoms with E-state index in [0.29, 0.717) is 18.7 Å². The summed E-state index contributed by atoms with van der Waals surface area (Å²) in [7, 11) is -3.62. The Kier molecular flexibility index (Phi) is 5.56. The molecule has 0 radical (unpaired) electrons. The highest BCUT2D eigenvalue weighted by atomic mass is 32.2. The van der Waals surface area contributed by atoms with Crippen LogP contribution in [0.1, 0.15) is 31.2 Å². The molecule has 0 spiro atoms. The van der Waals surface area contributed by atoms with Crippen molar-refractivity contribution in [2.24, 2.45) is 5.92 Å². The second kappa shape index (κ2) is 8.12. The summed E-state index contributed by atoms with van der Waals surface area (Å²) in [6, 6.07) is 14.0. The molecule has 1 aliphatic heterocycles. The van der Waals surface area contributed by atoms with Gasteiger partial charge in [-0.15, -0.1) is 0 Å². The molecule has 1 heterocycles. The molecule has 4 rings (SSSR count). The monoisotopic (exact) mass is 429 g/mol. The van der Waals surface area contributed by atoms with Gasteiger partial charge in [-0.2, -0.15) is 0 Å². The van der Waals surface area contributed by atoms with Crippen molar-refractivity contribution in [1.82, 2.24) is 5.32 Å². The van der Waals surface area contributed by atoms with Crippen molar-refractivity contribution in [3.63, 3.8) is 0 Å². The first kappa shape index (κ1) is 19.8. The summed E-state index contributed by atoms with van der Waals surface area (Å²) in [6.45, 7) is 0.443. The van der Waals surface area contributed by atoms with Gasteiger partial charge in [0.15, 0.2) is 5.11 Å². The van der Waals surface area contributed by atoms with Crippen molar-refractivity contribution in [1.29, 1.82) is 0 Å². The van der Waals surface area contributed by atoms with Gasteiger partial charge in [0.1, 0.15) is 0 Å². The number of nitrogens with one attached hydrogen (secondary N) is 2. The first-order valence-electron chi connectivity index (χ1n) is 9.78. The number of thiocarbonyl (C=S) groups is 1. The summed E-state index contributed by atoms with van der Waals surface area (Å²) in [5, 5.41) is 5.90. The number of benzene rings is 2. The van der Waals surface area contributed by atoms with E-state index in [0.717, 1.165) is 36.9 Å². The lowest BCUT2D eigenvalue weighted by atomic mass is 10.1. The normalized spacial score (nSPS) is 16.5. The number of carbonyl (C=O) groups excluding carboxylic acids is 1. The Labute approximate surface area is 176 Å². The van der Waals surface area contributed by atoms with E-state index >= 15 is 0 Å². The average molecular weight is 430 g/mol. The lowest BCUT2D eigenvalue weighted by Crippen LogP contribution is -2.37. The number of hydrogen-bond acceptors (Lipinski definition) is 4. The minimum absolute atomic E-state index is 0.0330. The molecule has 0 unspecified atom stereocenters. The highest BCUT2D eigenvalue weighted by Gasteiger charge is 2.30. The molecular weight excluding hydrogens is 406 g/mol. The molecule has 1 aliphatic carbocycles. The van der Waals surface area contributed by atoms with Crippen molar-refractivity contribution in [3.8, 4) is 0 Å². The van der Waals surface area contributed by atoms with Crippen molar-refractivity contribution in [2.45, 2.75) is 37.0 Å². The van der Waals surface area contributed by atoms with Gasteiger partial charge in [0, 0.05) is 18.2 Å². The first-order chi connectivity index (χ1) is 13.9. The van der Waals surface area contributed by atoms with Gasteiger partial charge in [-0.3, -0.25) is 9.10 Å². The van der Waals surface area contributed by atoms with Gasteiger partial charge < -0.3 is 10.6 Å². The van der Waals surface area contributed by atoms with Crippen LogP contribution in [0, 0.1) is 5.92 Å². The van der Waals surface area contributed by atoms with Gasteiger partial charge in [0.25, 0.3) is 10.0 Å². The Morgan fingerprint density at radius 2 is 1.72 bits per heavy atom. The van der Waals surface area contributed by atoms with E-state index < -0.39 is 10.0 Å². The molecule has 0 bridgehead atoms.